The van der Waals surface area contributed by atoms with Crippen LogP contribution in [0.1, 0.15) is 10.4 Å². The van der Waals surface area contributed by atoms with E-state index in [1.54, 1.807) is 0 Å². The second-order valence-electron chi connectivity index (χ2n) is 4.83. The van der Waals surface area contributed by atoms with E-state index in [-0.39, 0.29) is 26.2 Å². The fourth-order valence-electron chi connectivity index (χ4n) is 1.97. The highest BCUT2D eigenvalue weighted by Crippen LogP contribution is 2.29. The molecule has 0 atom stereocenters. The topological polar surface area (TPSA) is 112 Å². The van der Waals surface area contributed by atoms with Gasteiger partial charge in [-0.2, -0.15) is 0 Å². The molecule has 0 aromatic heterocycles. The van der Waals surface area contributed by atoms with E-state index in [0.717, 1.165) is 6.07 Å². The highest BCUT2D eigenvalue weighted by Gasteiger charge is 2.27. The average Bonchev–Trinajstić information content (AvgIpc) is 2.55. The molecule has 7 nitrogen and oxygen atoms in total. The van der Waals surface area contributed by atoms with Crippen molar-refractivity contribution in [3.05, 3.63) is 58.1 Å². The Bertz CT molecular complexity index is 928. The highest BCUT2D eigenvalue weighted by atomic mass is 35.5. The number of hydrogen-bond donors (Lipinski definition) is 2. The highest BCUT2D eigenvalue weighted by molar-refractivity contribution is 7.92. The fraction of sp³-hybridized carbons (Fsp3) is 0.0667. The Morgan fingerprint density at radius 2 is 1.56 bits per heavy atom. The number of nitrogens with zero attached hydrogens (tertiary/aromatic N) is 1. The summed E-state index contributed by atoms with van der Waals surface area (Å²) >= 11 is 11.6. The van der Waals surface area contributed by atoms with Crippen LogP contribution < -0.4 is 4.31 Å². The maximum absolute atomic E-state index is 12.8. The van der Waals surface area contributed by atoms with E-state index in [1.807, 2.05) is 0 Å². The molecule has 2 rings (SSSR count). The van der Waals surface area contributed by atoms with Gasteiger partial charge in [-0.3, -0.25) is 9.10 Å². The monoisotopic (exact) mass is 403 g/mol. The Morgan fingerprint density at radius 1 is 0.960 bits per heavy atom. The Labute approximate surface area is 153 Å². The van der Waals surface area contributed by atoms with Crippen molar-refractivity contribution in [2.24, 2.45) is 0 Å². The minimum atomic E-state index is -4.26. The molecule has 10 heteroatoms. The molecule has 0 aliphatic heterocycles. The molecule has 2 aromatic rings. The first-order chi connectivity index (χ1) is 11.6. The molecule has 0 heterocycles. The van der Waals surface area contributed by atoms with Crippen LogP contribution in [0.25, 0.3) is 0 Å². The predicted molar refractivity (Wildman–Crippen MR) is 92.0 cm³/mol. The number of aliphatic carboxylic acids is 1. The van der Waals surface area contributed by atoms with Crippen LogP contribution in [0.15, 0.2) is 47.4 Å². The molecule has 132 valence electrons. The summed E-state index contributed by atoms with van der Waals surface area (Å²) in [5, 5.41) is 18.1. The summed E-state index contributed by atoms with van der Waals surface area (Å²) < 4.78 is 26.2. The Kier molecular flexibility index (Phi) is 5.56. The van der Waals surface area contributed by atoms with Gasteiger partial charge in [-0.25, -0.2) is 13.2 Å². The van der Waals surface area contributed by atoms with Crippen molar-refractivity contribution in [2.75, 3.05) is 10.8 Å². The van der Waals surface area contributed by atoms with E-state index in [2.05, 4.69) is 0 Å². The second kappa shape index (κ2) is 7.30. The van der Waals surface area contributed by atoms with Gasteiger partial charge in [0.05, 0.1) is 26.2 Å². The van der Waals surface area contributed by atoms with Crippen molar-refractivity contribution in [2.45, 2.75) is 4.90 Å². The molecular weight excluding hydrogens is 393 g/mol. The molecule has 2 aromatic carbocycles. The minimum Gasteiger partial charge on any atom is -0.480 e. The number of halogens is 2. The maximum atomic E-state index is 12.8. The van der Waals surface area contributed by atoms with E-state index in [9.17, 15) is 18.0 Å². The number of hydrogen-bond acceptors (Lipinski definition) is 4. The first kappa shape index (κ1) is 19.0. The fourth-order valence-corrected chi connectivity index (χ4v) is 3.78. The van der Waals surface area contributed by atoms with Crippen LogP contribution in [0.4, 0.5) is 5.69 Å². The van der Waals surface area contributed by atoms with E-state index in [0.29, 0.717) is 4.31 Å². The molecule has 0 fully saturated rings. The van der Waals surface area contributed by atoms with Crippen molar-refractivity contribution in [3.8, 4) is 0 Å². The quantitative estimate of drug-likeness (QED) is 0.766. The van der Waals surface area contributed by atoms with E-state index >= 15 is 0 Å². The molecule has 0 unspecified atom stereocenters. The van der Waals surface area contributed by atoms with Gasteiger partial charge in [0.25, 0.3) is 10.0 Å². The molecule has 0 bridgehead atoms. The molecule has 25 heavy (non-hydrogen) atoms. The Balaban J connectivity index is 2.53. The van der Waals surface area contributed by atoms with Crippen molar-refractivity contribution >= 4 is 50.9 Å². The number of rotatable bonds is 6. The van der Waals surface area contributed by atoms with Gasteiger partial charge in [0, 0.05) is 0 Å². The molecule has 0 saturated carbocycles. The standard InChI is InChI=1S/C15H11Cl2NO6S/c16-12-6-5-11(7-13(12)17)25(23,24)18(8-14(19)20)10-3-1-9(2-4-10)15(21)22/h1-7H,8H2,(H,19,20)(H,21,22). The zero-order chi connectivity index (χ0) is 18.8. The number of carboxylic acid groups (broad SMARTS) is 2. The Morgan fingerprint density at radius 3 is 2.04 bits per heavy atom. The lowest BCUT2D eigenvalue weighted by Crippen LogP contribution is -2.35. The van der Waals surface area contributed by atoms with Gasteiger partial charge in [0.15, 0.2) is 0 Å². The van der Waals surface area contributed by atoms with Gasteiger partial charge in [-0.1, -0.05) is 23.2 Å². The first-order valence-corrected chi connectivity index (χ1v) is 8.85. The van der Waals surface area contributed by atoms with Crippen molar-refractivity contribution in [1.82, 2.24) is 0 Å². The van der Waals surface area contributed by atoms with Gasteiger partial charge in [-0.05, 0) is 42.5 Å². The van der Waals surface area contributed by atoms with Crippen LogP contribution in [-0.2, 0) is 14.8 Å². The minimum absolute atomic E-state index is 0.000702. The lowest BCUT2D eigenvalue weighted by atomic mass is 10.2. The van der Waals surface area contributed by atoms with Crippen LogP contribution in [0.3, 0.4) is 0 Å². The van der Waals surface area contributed by atoms with Crippen LogP contribution in [0.5, 0.6) is 0 Å². The van der Waals surface area contributed by atoms with Gasteiger partial charge < -0.3 is 10.2 Å². The zero-order valence-corrected chi connectivity index (χ0v) is 14.7. The third kappa shape index (κ3) is 4.22. The van der Waals surface area contributed by atoms with Crippen molar-refractivity contribution in [1.29, 1.82) is 0 Å². The van der Waals surface area contributed by atoms with E-state index < -0.39 is 28.5 Å². The van der Waals surface area contributed by atoms with Crippen molar-refractivity contribution < 1.29 is 28.2 Å². The number of carboxylic acids is 2. The Hall–Kier alpha value is -2.29. The average molecular weight is 404 g/mol. The maximum Gasteiger partial charge on any atom is 0.335 e. The van der Waals surface area contributed by atoms with Crippen LogP contribution in [0.2, 0.25) is 10.0 Å². The van der Waals surface area contributed by atoms with Crippen LogP contribution in [0, 0.1) is 0 Å². The summed E-state index contributed by atoms with van der Waals surface area (Å²) in [4.78, 5) is 21.8. The lowest BCUT2D eigenvalue weighted by molar-refractivity contribution is -0.135. The van der Waals surface area contributed by atoms with Crippen LogP contribution >= 0.6 is 23.2 Å². The van der Waals surface area contributed by atoms with Gasteiger partial charge in [0.2, 0.25) is 0 Å². The SMILES string of the molecule is O=C(O)CN(c1ccc(C(=O)O)cc1)S(=O)(=O)c1ccc(Cl)c(Cl)c1. The number of carbonyl (C=O) groups is 2. The zero-order valence-electron chi connectivity index (χ0n) is 12.4. The first-order valence-electron chi connectivity index (χ1n) is 6.66. The molecule has 0 spiro atoms. The number of aromatic carboxylic acids is 1. The summed E-state index contributed by atoms with van der Waals surface area (Å²) in [6, 6.07) is 8.36. The van der Waals surface area contributed by atoms with Gasteiger partial charge in [0.1, 0.15) is 6.54 Å². The smallest absolute Gasteiger partial charge is 0.335 e. The lowest BCUT2D eigenvalue weighted by Gasteiger charge is -2.23. The largest absolute Gasteiger partial charge is 0.480 e. The number of sulfonamides is 1. The normalized spacial score (nSPS) is 11.1. The molecule has 2 N–H and O–H groups in total. The second-order valence-corrected chi connectivity index (χ2v) is 7.51. The van der Waals surface area contributed by atoms with E-state index in [4.69, 9.17) is 33.4 Å². The van der Waals surface area contributed by atoms with Crippen LogP contribution in [-0.4, -0.2) is 37.1 Å². The van der Waals surface area contributed by atoms with Gasteiger partial charge in [-0.15, -0.1) is 0 Å². The molecular formula is C15H11Cl2NO6S. The number of benzene rings is 2. The molecule has 0 aliphatic carbocycles. The third-order valence-corrected chi connectivity index (χ3v) is 5.67. The van der Waals surface area contributed by atoms with E-state index in [1.165, 1.54) is 36.4 Å². The molecule has 0 saturated heterocycles. The summed E-state index contributed by atoms with van der Waals surface area (Å²) in [6.45, 7) is -0.852. The predicted octanol–water partition coefficient (Wildman–Crippen LogP) is 2.97. The third-order valence-electron chi connectivity index (χ3n) is 3.16. The summed E-state index contributed by atoms with van der Waals surface area (Å²) in [7, 11) is -4.26. The summed E-state index contributed by atoms with van der Waals surface area (Å²) in [5.41, 5.74) is -0.0653. The molecule has 0 aliphatic rings. The number of anilines is 1. The van der Waals surface area contributed by atoms with Crippen molar-refractivity contribution in [3.63, 3.8) is 0 Å². The van der Waals surface area contributed by atoms with Gasteiger partial charge >= 0.3 is 11.9 Å². The summed E-state index contributed by atoms with van der Waals surface area (Å²) in [5.74, 6) is -2.57. The molecule has 0 radical (unpaired) electrons. The summed E-state index contributed by atoms with van der Waals surface area (Å²) in [6.07, 6.45) is 0. The molecule has 0 amide bonds.